The average molecular weight is 426 g/mol. The Morgan fingerprint density at radius 1 is 0.867 bits per heavy atom. The van der Waals surface area contributed by atoms with Gasteiger partial charge in [0, 0.05) is 17.4 Å². The van der Waals surface area contributed by atoms with Gasteiger partial charge in [0.15, 0.2) is 6.61 Å². The lowest BCUT2D eigenvalue weighted by atomic mass is 10.1. The van der Waals surface area contributed by atoms with Crippen LogP contribution in [0.15, 0.2) is 73.1 Å². The monoisotopic (exact) mass is 425 g/mol. The minimum absolute atomic E-state index is 0.0428. The van der Waals surface area contributed by atoms with Crippen LogP contribution in [0.4, 0.5) is 0 Å². The van der Waals surface area contributed by atoms with Crippen molar-refractivity contribution in [3.05, 3.63) is 94.8 Å². The molecule has 2 aromatic carbocycles. The van der Waals surface area contributed by atoms with Crippen molar-refractivity contribution in [3.8, 4) is 5.75 Å². The molecule has 3 aromatic rings. The maximum Gasteiger partial charge on any atom is 0.344 e. The Morgan fingerprint density at radius 3 is 2.20 bits per heavy atom. The summed E-state index contributed by atoms with van der Waals surface area (Å²) in [7, 11) is 0. The molecule has 0 radical (unpaired) electrons. The molecule has 1 aromatic heterocycles. The van der Waals surface area contributed by atoms with Crippen LogP contribution in [0.2, 0.25) is 5.02 Å². The molecule has 7 heteroatoms. The number of hydrogen-bond donors (Lipinski definition) is 0. The number of benzene rings is 2. The minimum Gasteiger partial charge on any atom is -0.482 e. The zero-order chi connectivity index (χ0) is 21.2. The number of ether oxygens (including phenoxy) is 3. The van der Waals surface area contributed by atoms with Crippen LogP contribution in [0.25, 0.3) is 0 Å². The Hall–Kier alpha value is -3.38. The molecule has 154 valence electrons. The molecule has 0 N–H and O–H groups in total. The normalized spacial score (nSPS) is 10.3. The Labute approximate surface area is 179 Å². The number of halogens is 1. The first-order chi connectivity index (χ1) is 14.6. The van der Waals surface area contributed by atoms with Crippen molar-refractivity contribution in [1.29, 1.82) is 0 Å². The van der Waals surface area contributed by atoms with Gasteiger partial charge >= 0.3 is 11.9 Å². The molecule has 0 aliphatic heterocycles. The molecule has 3 rings (SSSR count). The smallest absolute Gasteiger partial charge is 0.344 e. The van der Waals surface area contributed by atoms with E-state index >= 15 is 0 Å². The summed E-state index contributed by atoms with van der Waals surface area (Å²) in [6.45, 7) is -0.319. The number of pyridine rings is 1. The van der Waals surface area contributed by atoms with Crippen LogP contribution in [0.1, 0.15) is 21.5 Å². The van der Waals surface area contributed by atoms with Crippen LogP contribution in [0, 0.1) is 0 Å². The van der Waals surface area contributed by atoms with Crippen molar-refractivity contribution in [2.45, 2.75) is 6.42 Å². The van der Waals surface area contributed by atoms with E-state index < -0.39 is 11.9 Å². The van der Waals surface area contributed by atoms with Gasteiger partial charge in [-0.25, -0.2) is 9.59 Å². The molecule has 0 fully saturated rings. The Kier molecular flexibility index (Phi) is 7.80. The van der Waals surface area contributed by atoms with E-state index in [1.54, 1.807) is 30.5 Å². The topological polar surface area (TPSA) is 74.7 Å². The summed E-state index contributed by atoms with van der Waals surface area (Å²) in [5, 5.41) is 0.709. The number of carbonyl (C=O) groups excluding carboxylic acids is 2. The Morgan fingerprint density at radius 2 is 1.53 bits per heavy atom. The highest BCUT2D eigenvalue weighted by atomic mass is 35.5. The van der Waals surface area contributed by atoms with Gasteiger partial charge in [0.1, 0.15) is 19.0 Å². The summed E-state index contributed by atoms with van der Waals surface area (Å²) < 4.78 is 15.4. The molecular weight excluding hydrogens is 406 g/mol. The van der Waals surface area contributed by atoms with Gasteiger partial charge in [-0.2, -0.15) is 0 Å². The maximum absolute atomic E-state index is 11.8. The van der Waals surface area contributed by atoms with Gasteiger partial charge in [0.25, 0.3) is 0 Å². The molecule has 1 heterocycles. The van der Waals surface area contributed by atoms with Crippen molar-refractivity contribution < 1.29 is 23.8 Å². The van der Waals surface area contributed by atoms with Crippen LogP contribution in [-0.2, 0) is 20.7 Å². The Balaban J connectivity index is 1.34. The standard InChI is InChI=1S/C23H20ClNO5/c24-20-7-3-17(4-8-20)14-18-5-9-21(10-6-18)30-16-22(26)28-12-13-29-23(27)19-2-1-11-25-15-19/h1-11,15H,12-14,16H2. The molecule has 0 atom stereocenters. The van der Waals surface area contributed by atoms with Crippen LogP contribution in [0.3, 0.4) is 0 Å². The molecule has 0 saturated carbocycles. The van der Waals surface area contributed by atoms with E-state index in [-0.39, 0.29) is 19.8 Å². The zero-order valence-electron chi connectivity index (χ0n) is 16.1. The largest absolute Gasteiger partial charge is 0.482 e. The fraction of sp³-hybridized carbons (Fsp3) is 0.174. The van der Waals surface area contributed by atoms with Crippen molar-refractivity contribution in [3.63, 3.8) is 0 Å². The van der Waals surface area contributed by atoms with E-state index in [1.807, 2.05) is 36.4 Å². The van der Waals surface area contributed by atoms with Gasteiger partial charge in [-0.05, 0) is 53.9 Å². The number of esters is 2. The van der Waals surface area contributed by atoms with Crippen LogP contribution >= 0.6 is 11.6 Å². The molecule has 0 aliphatic carbocycles. The fourth-order valence-corrected chi connectivity index (χ4v) is 2.71. The number of hydrogen-bond acceptors (Lipinski definition) is 6. The lowest BCUT2D eigenvalue weighted by Gasteiger charge is -2.09. The first-order valence-corrected chi connectivity index (χ1v) is 9.67. The lowest BCUT2D eigenvalue weighted by molar-refractivity contribution is -0.147. The van der Waals surface area contributed by atoms with E-state index in [0.717, 1.165) is 17.5 Å². The number of aromatic nitrogens is 1. The summed E-state index contributed by atoms with van der Waals surface area (Å²) in [6.07, 6.45) is 3.74. The molecule has 30 heavy (non-hydrogen) atoms. The highest BCUT2D eigenvalue weighted by molar-refractivity contribution is 6.30. The molecule has 0 aliphatic rings. The van der Waals surface area contributed by atoms with Crippen molar-refractivity contribution in [2.24, 2.45) is 0 Å². The Bertz CT molecular complexity index is 959. The van der Waals surface area contributed by atoms with Gasteiger partial charge in [-0.1, -0.05) is 35.9 Å². The lowest BCUT2D eigenvalue weighted by Crippen LogP contribution is -2.18. The number of rotatable bonds is 9. The van der Waals surface area contributed by atoms with E-state index in [2.05, 4.69) is 4.98 Å². The van der Waals surface area contributed by atoms with E-state index in [1.165, 1.54) is 6.20 Å². The highest BCUT2D eigenvalue weighted by Gasteiger charge is 2.08. The van der Waals surface area contributed by atoms with Gasteiger partial charge < -0.3 is 14.2 Å². The molecule has 0 bridgehead atoms. The summed E-state index contributed by atoms with van der Waals surface area (Å²) in [5.41, 5.74) is 2.61. The first-order valence-electron chi connectivity index (χ1n) is 9.29. The fourth-order valence-electron chi connectivity index (χ4n) is 2.58. The van der Waals surface area contributed by atoms with Gasteiger partial charge in [-0.3, -0.25) is 4.98 Å². The predicted octanol–water partition coefficient (Wildman–Crippen LogP) is 4.10. The van der Waals surface area contributed by atoms with Crippen molar-refractivity contribution in [2.75, 3.05) is 19.8 Å². The predicted molar refractivity (Wildman–Crippen MR) is 112 cm³/mol. The summed E-state index contributed by atoms with van der Waals surface area (Å²) in [6, 6.07) is 18.4. The highest BCUT2D eigenvalue weighted by Crippen LogP contribution is 2.17. The second-order valence-electron chi connectivity index (χ2n) is 6.33. The molecule has 6 nitrogen and oxygen atoms in total. The molecule has 0 saturated heterocycles. The van der Waals surface area contributed by atoms with Gasteiger partial charge in [-0.15, -0.1) is 0 Å². The molecule has 0 spiro atoms. The third-order valence-corrected chi connectivity index (χ3v) is 4.33. The first kappa shape index (κ1) is 21.3. The SMILES string of the molecule is O=C(COc1ccc(Cc2ccc(Cl)cc2)cc1)OCCOC(=O)c1cccnc1. The zero-order valence-corrected chi connectivity index (χ0v) is 16.9. The van der Waals surface area contributed by atoms with E-state index in [0.29, 0.717) is 16.3 Å². The summed E-state index contributed by atoms with van der Waals surface area (Å²) in [5.74, 6) is -0.499. The van der Waals surface area contributed by atoms with Gasteiger partial charge in [0.05, 0.1) is 5.56 Å². The summed E-state index contributed by atoms with van der Waals surface area (Å²) >= 11 is 5.90. The summed E-state index contributed by atoms with van der Waals surface area (Å²) in [4.78, 5) is 27.3. The molecule has 0 unspecified atom stereocenters. The van der Waals surface area contributed by atoms with Crippen LogP contribution < -0.4 is 4.74 Å². The van der Waals surface area contributed by atoms with Gasteiger partial charge in [0.2, 0.25) is 0 Å². The average Bonchev–Trinajstić information content (AvgIpc) is 2.78. The maximum atomic E-state index is 11.8. The second-order valence-corrected chi connectivity index (χ2v) is 6.77. The minimum atomic E-state index is -0.544. The van der Waals surface area contributed by atoms with Crippen molar-refractivity contribution in [1.82, 2.24) is 4.98 Å². The third-order valence-electron chi connectivity index (χ3n) is 4.08. The van der Waals surface area contributed by atoms with Crippen LogP contribution in [0.5, 0.6) is 5.75 Å². The van der Waals surface area contributed by atoms with Crippen LogP contribution in [-0.4, -0.2) is 36.7 Å². The van der Waals surface area contributed by atoms with E-state index in [4.69, 9.17) is 25.8 Å². The third kappa shape index (κ3) is 6.90. The van der Waals surface area contributed by atoms with Crippen molar-refractivity contribution >= 4 is 23.5 Å². The second kappa shape index (κ2) is 11.0. The molecule has 0 amide bonds. The number of carbonyl (C=O) groups is 2. The van der Waals surface area contributed by atoms with E-state index in [9.17, 15) is 9.59 Å². The number of nitrogens with zero attached hydrogens (tertiary/aromatic N) is 1. The quantitative estimate of drug-likeness (QED) is 0.379. The molecular formula is C23H20ClNO5.